The highest BCUT2D eigenvalue weighted by molar-refractivity contribution is 5.50. The maximum atomic E-state index is 12.6. The van der Waals surface area contributed by atoms with Gasteiger partial charge in [0.1, 0.15) is 6.54 Å². The predicted octanol–water partition coefficient (Wildman–Crippen LogP) is 2.70. The van der Waals surface area contributed by atoms with Gasteiger partial charge in [-0.25, -0.2) is 0 Å². The molecule has 0 unspecified atom stereocenters. The molecule has 0 bridgehead atoms. The summed E-state index contributed by atoms with van der Waals surface area (Å²) in [5, 5.41) is 11.2. The molecule has 9 heteroatoms. The molecule has 3 aromatic rings. The van der Waals surface area contributed by atoms with E-state index < -0.39 is 11.9 Å². The van der Waals surface area contributed by atoms with E-state index in [1.165, 1.54) is 11.6 Å². The Kier molecular flexibility index (Phi) is 3.39. The highest BCUT2D eigenvalue weighted by atomic mass is 19.4. The first kappa shape index (κ1) is 14.2. The van der Waals surface area contributed by atoms with Crippen LogP contribution in [-0.4, -0.2) is 25.0 Å². The van der Waals surface area contributed by atoms with Crippen LogP contribution in [0.5, 0.6) is 0 Å². The van der Waals surface area contributed by atoms with Gasteiger partial charge in [-0.1, -0.05) is 0 Å². The van der Waals surface area contributed by atoms with E-state index >= 15 is 0 Å². The Morgan fingerprint density at radius 3 is 2.55 bits per heavy atom. The zero-order valence-corrected chi connectivity index (χ0v) is 11.4. The fraction of sp³-hybridized carbons (Fsp3) is 0.231. The molecule has 3 aromatic heterocycles. The summed E-state index contributed by atoms with van der Waals surface area (Å²) in [6.45, 7) is 1.50. The number of alkyl halides is 3. The third-order valence-corrected chi connectivity index (χ3v) is 2.95. The maximum absolute atomic E-state index is 12.6. The van der Waals surface area contributed by atoms with E-state index in [0.29, 0.717) is 11.3 Å². The van der Waals surface area contributed by atoms with Gasteiger partial charge in [-0.2, -0.15) is 18.3 Å². The molecule has 6 nitrogen and oxygen atoms in total. The van der Waals surface area contributed by atoms with Gasteiger partial charge in [0.15, 0.2) is 5.69 Å². The van der Waals surface area contributed by atoms with Crippen LogP contribution in [-0.2, 0) is 12.7 Å². The smallest absolute Gasteiger partial charge is 0.419 e. The Morgan fingerprint density at radius 1 is 1.18 bits per heavy atom. The first-order valence-electron chi connectivity index (χ1n) is 6.28. The van der Waals surface area contributed by atoms with Gasteiger partial charge < -0.3 is 4.42 Å². The highest BCUT2D eigenvalue weighted by Crippen LogP contribution is 2.28. The molecule has 0 aliphatic heterocycles. The van der Waals surface area contributed by atoms with Crippen LogP contribution in [0.25, 0.3) is 11.5 Å². The van der Waals surface area contributed by atoms with E-state index in [9.17, 15) is 13.2 Å². The van der Waals surface area contributed by atoms with Crippen molar-refractivity contribution in [1.29, 1.82) is 0 Å². The Hall–Kier alpha value is -2.71. The Labute approximate surface area is 122 Å². The largest absolute Gasteiger partial charge is 0.435 e. The third-order valence-electron chi connectivity index (χ3n) is 2.95. The highest BCUT2D eigenvalue weighted by Gasteiger charge is 2.34. The summed E-state index contributed by atoms with van der Waals surface area (Å²) in [7, 11) is 0. The lowest BCUT2D eigenvalue weighted by atomic mass is 10.3. The molecule has 0 fully saturated rings. The third kappa shape index (κ3) is 2.83. The fourth-order valence-corrected chi connectivity index (χ4v) is 1.87. The molecule has 3 heterocycles. The topological polar surface area (TPSA) is 69.6 Å². The van der Waals surface area contributed by atoms with Gasteiger partial charge in [-0.15, -0.1) is 10.2 Å². The van der Waals surface area contributed by atoms with Crippen LogP contribution in [0.4, 0.5) is 13.2 Å². The fourth-order valence-electron chi connectivity index (χ4n) is 1.87. The van der Waals surface area contributed by atoms with Crippen LogP contribution in [0.2, 0.25) is 0 Å². The Balaban J connectivity index is 1.83. The van der Waals surface area contributed by atoms with E-state index in [2.05, 4.69) is 20.3 Å². The second kappa shape index (κ2) is 5.24. The van der Waals surface area contributed by atoms with Gasteiger partial charge in [-0.3, -0.25) is 9.67 Å². The molecule has 0 N–H and O–H groups in total. The van der Waals surface area contributed by atoms with Crippen LogP contribution < -0.4 is 0 Å². The predicted molar refractivity (Wildman–Crippen MR) is 68.6 cm³/mol. The molecule has 0 atom stereocenters. The van der Waals surface area contributed by atoms with Crippen molar-refractivity contribution in [1.82, 2.24) is 25.0 Å². The van der Waals surface area contributed by atoms with Crippen molar-refractivity contribution in [3.05, 3.63) is 47.9 Å². The number of aryl methyl sites for hydroxylation is 1. The van der Waals surface area contributed by atoms with Crippen LogP contribution in [0.1, 0.15) is 17.3 Å². The summed E-state index contributed by atoms with van der Waals surface area (Å²) in [4.78, 5) is 3.87. The molecule has 0 saturated carbocycles. The summed E-state index contributed by atoms with van der Waals surface area (Å²) in [5.41, 5.74) is 0.0942. The number of aromatic nitrogens is 5. The number of hydrogen-bond donors (Lipinski definition) is 0. The first-order valence-corrected chi connectivity index (χ1v) is 6.28. The minimum absolute atomic E-state index is 0.0278. The van der Waals surface area contributed by atoms with Crippen molar-refractivity contribution in [2.45, 2.75) is 19.6 Å². The van der Waals surface area contributed by atoms with Crippen LogP contribution in [0, 0.1) is 6.92 Å². The van der Waals surface area contributed by atoms with Crippen molar-refractivity contribution in [3.8, 4) is 11.5 Å². The molecule has 0 aliphatic rings. The molecule has 0 aromatic carbocycles. The molecule has 0 radical (unpaired) electrons. The summed E-state index contributed by atoms with van der Waals surface area (Å²) in [6.07, 6.45) is -1.33. The number of pyridine rings is 1. The van der Waals surface area contributed by atoms with Crippen molar-refractivity contribution in [2.75, 3.05) is 0 Å². The summed E-state index contributed by atoms with van der Waals surface area (Å²) >= 11 is 0. The second-order valence-electron chi connectivity index (χ2n) is 4.56. The Bertz CT molecular complexity index is 779. The minimum atomic E-state index is -4.48. The summed E-state index contributed by atoms with van der Waals surface area (Å²) in [6, 6.07) is 4.36. The van der Waals surface area contributed by atoms with Crippen LogP contribution >= 0.6 is 0 Å². The number of nitrogens with zero attached hydrogens (tertiary/aromatic N) is 5. The van der Waals surface area contributed by atoms with E-state index in [1.807, 2.05) is 0 Å². The number of hydrogen-bond acceptors (Lipinski definition) is 5. The lowest BCUT2D eigenvalue weighted by molar-refractivity contribution is -0.141. The molecule has 114 valence electrons. The quantitative estimate of drug-likeness (QED) is 0.744. The van der Waals surface area contributed by atoms with Crippen LogP contribution in [0.15, 0.2) is 35.0 Å². The van der Waals surface area contributed by atoms with Crippen molar-refractivity contribution in [3.63, 3.8) is 0 Å². The standard InChI is InChI=1S/C13H10F3N5O/c1-8-6-10(13(14,15)16)20-21(8)7-11-18-19-12(22-11)9-2-4-17-5-3-9/h2-6H,7H2,1H3. The zero-order valence-electron chi connectivity index (χ0n) is 11.4. The molecule has 0 saturated heterocycles. The van der Waals surface area contributed by atoms with Gasteiger partial charge in [-0.05, 0) is 25.1 Å². The van der Waals surface area contributed by atoms with Gasteiger partial charge in [0, 0.05) is 23.7 Å². The lowest BCUT2D eigenvalue weighted by Crippen LogP contribution is -2.09. The van der Waals surface area contributed by atoms with Crippen molar-refractivity contribution in [2.24, 2.45) is 0 Å². The van der Waals surface area contributed by atoms with Crippen molar-refractivity contribution < 1.29 is 17.6 Å². The second-order valence-corrected chi connectivity index (χ2v) is 4.56. The maximum Gasteiger partial charge on any atom is 0.435 e. The van der Waals surface area contributed by atoms with Gasteiger partial charge in [0.05, 0.1) is 0 Å². The minimum Gasteiger partial charge on any atom is -0.419 e. The number of halogens is 3. The van der Waals surface area contributed by atoms with Gasteiger partial charge in [0.2, 0.25) is 11.8 Å². The molecule has 22 heavy (non-hydrogen) atoms. The molecular weight excluding hydrogens is 299 g/mol. The summed E-state index contributed by atoms with van der Waals surface area (Å²) in [5.74, 6) is 0.449. The van der Waals surface area contributed by atoms with E-state index in [4.69, 9.17) is 4.42 Å². The van der Waals surface area contributed by atoms with Gasteiger partial charge in [0.25, 0.3) is 0 Å². The average Bonchev–Trinajstić information content (AvgIpc) is 3.08. The molecule has 0 amide bonds. The molecule has 0 aliphatic carbocycles. The van der Waals surface area contributed by atoms with Crippen molar-refractivity contribution >= 4 is 0 Å². The van der Waals surface area contributed by atoms with E-state index in [-0.39, 0.29) is 18.3 Å². The van der Waals surface area contributed by atoms with E-state index in [0.717, 1.165) is 6.07 Å². The van der Waals surface area contributed by atoms with E-state index in [1.54, 1.807) is 24.5 Å². The first-order chi connectivity index (χ1) is 10.4. The lowest BCUT2D eigenvalue weighted by Gasteiger charge is -2.01. The van der Waals surface area contributed by atoms with Gasteiger partial charge >= 0.3 is 6.18 Å². The SMILES string of the molecule is Cc1cc(C(F)(F)F)nn1Cc1nnc(-c2ccncc2)o1. The molecule has 0 spiro atoms. The average molecular weight is 309 g/mol. The monoisotopic (exact) mass is 309 g/mol. The van der Waals surface area contributed by atoms with Crippen LogP contribution in [0.3, 0.4) is 0 Å². The number of rotatable bonds is 3. The summed E-state index contributed by atoms with van der Waals surface area (Å²) < 4.78 is 44.4. The molecule has 3 rings (SSSR count). The molecular formula is C13H10F3N5O. The zero-order chi connectivity index (χ0) is 15.7. The normalized spacial score (nSPS) is 11.8. The Morgan fingerprint density at radius 2 is 1.91 bits per heavy atom.